The summed E-state index contributed by atoms with van der Waals surface area (Å²) in [7, 11) is 0. The molecule has 0 spiro atoms. The fourth-order valence-corrected chi connectivity index (χ4v) is 0. The molecule has 7 heteroatoms. The van der Waals surface area contributed by atoms with E-state index >= 15 is 0 Å². The summed E-state index contributed by atoms with van der Waals surface area (Å²) in [4.78, 5) is 0. The summed E-state index contributed by atoms with van der Waals surface area (Å²) in [6.45, 7) is 0. The van der Waals surface area contributed by atoms with Gasteiger partial charge in [0.15, 0.2) is 0 Å². The van der Waals surface area contributed by atoms with Crippen LogP contribution in [0.4, 0.5) is 0 Å². The van der Waals surface area contributed by atoms with E-state index in [4.69, 9.17) is 15.7 Å². The van der Waals surface area contributed by atoms with Gasteiger partial charge in [0.2, 0.25) is 0 Å². The van der Waals surface area contributed by atoms with E-state index in [2.05, 4.69) is 0 Å². The van der Waals surface area contributed by atoms with Gasteiger partial charge < -0.3 is 0 Å². The van der Waals surface area contributed by atoms with E-state index in [1.807, 2.05) is 0 Å². The Morgan fingerprint density at radius 3 is 1.14 bits per heavy atom. The molecule has 0 aliphatic heterocycles. The van der Waals surface area contributed by atoms with Crippen LogP contribution in [0, 0.1) is 0 Å². The van der Waals surface area contributed by atoms with Crippen LogP contribution in [-0.4, -0.2) is 18.0 Å². The van der Waals surface area contributed by atoms with Crippen LogP contribution in [0.2, 0.25) is 0 Å². The van der Waals surface area contributed by atoms with Crippen molar-refractivity contribution in [2.45, 2.75) is 0 Å². The van der Waals surface area contributed by atoms with Crippen LogP contribution >= 0.6 is 0 Å². The Morgan fingerprint density at radius 1 is 1.14 bits per heavy atom. The van der Waals surface area contributed by atoms with Crippen LogP contribution in [0.15, 0.2) is 0 Å². The molecule has 4 nitrogen and oxygen atoms in total. The first kappa shape index (κ1) is 16.0. The molecule has 0 aromatic carbocycles. The maximum absolute atomic E-state index is 8.58. The second-order valence-electron chi connectivity index (χ2n) is 0.378. The Labute approximate surface area is 95.9 Å². The molecule has 0 amide bonds. The zero-order valence-corrected chi connectivity index (χ0v) is 11.0. The Kier molecular flexibility index (Phi) is 14.2. The van der Waals surface area contributed by atoms with E-state index in [0.29, 0.717) is 0 Å². The first-order valence-electron chi connectivity index (χ1n) is 0.617. The SMILES string of the molecule is [AsH3].[K+].[O]=[Mn](=[O])(=[O])[O-]. The monoisotopic (exact) mass is 236 g/mol. The molecule has 0 aliphatic rings. The van der Waals surface area contributed by atoms with Gasteiger partial charge in [0.05, 0.1) is 0 Å². The van der Waals surface area contributed by atoms with Gasteiger partial charge in [-0.15, -0.1) is 0 Å². The van der Waals surface area contributed by atoms with E-state index in [0.717, 1.165) is 0 Å². The minimum absolute atomic E-state index is 0. The quantitative estimate of drug-likeness (QED) is 0.393. The molecule has 0 saturated heterocycles. The van der Waals surface area contributed by atoms with Crippen molar-refractivity contribution in [3.8, 4) is 0 Å². The summed E-state index contributed by atoms with van der Waals surface area (Å²) in [5.41, 5.74) is 0. The van der Waals surface area contributed by atoms with E-state index in [9.17, 15) is 0 Å². The first-order chi connectivity index (χ1) is 2.00. The number of rotatable bonds is 0. The molecule has 0 radical (unpaired) electrons. The predicted molar refractivity (Wildman–Crippen MR) is 12.0 cm³/mol. The molecule has 0 bridgehead atoms. The van der Waals surface area contributed by atoms with E-state index < -0.39 is 13.0 Å². The van der Waals surface area contributed by atoms with Crippen molar-refractivity contribution in [2.75, 3.05) is 0 Å². The summed E-state index contributed by atoms with van der Waals surface area (Å²) in [5.74, 6) is 0. The molecule has 40 valence electrons. The van der Waals surface area contributed by atoms with Gasteiger partial charge in [-0.3, -0.25) is 0 Å². The third-order valence-electron chi connectivity index (χ3n) is 0. The number of hydrogen-bond donors (Lipinski definition) is 0. The Hall–Kier alpha value is 2.07. The van der Waals surface area contributed by atoms with Crippen LogP contribution in [-0.2, 0) is 24.5 Å². The van der Waals surface area contributed by atoms with Gasteiger partial charge in [0.1, 0.15) is 0 Å². The van der Waals surface area contributed by atoms with E-state index in [1.54, 1.807) is 0 Å². The van der Waals surface area contributed by atoms with E-state index in [1.165, 1.54) is 0 Å². The molecular formula is H3AsKMnO4. The summed E-state index contributed by atoms with van der Waals surface area (Å²) < 4.78 is 34.3. The molecule has 0 fully saturated rings. The van der Waals surface area contributed by atoms with Gasteiger partial charge in [0.25, 0.3) is 0 Å². The first-order valence-corrected chi connectivity index (χ1v) is 2.54. The van der Waals surface area contributed by atoms with Crippen molar-refractivity contribution in [2.24, 2.45) is 0 Å². The van der Waals surface area contributed by atoms with Gasteiger partial charge in [0, 0.05) is 0 Å². The van der Waals surface area contributed by atoms with Crippen LogP contribution < -0.4 is 55.6 Å². The van der Waals surface area contributed by atoms with Crippen LogP contribution in [0.1, 0.15) is 0 Å². The summed E-state index contributed by atoms with van der Waals surface area (Å²) in [5, 5.41) is 0. The molecule has 1 unspecified atom stereocenters. The molecule has 7 heavy (non-hydrogen) atoms. The molecule has 0 aromatic heterocycles. The number of hydrogen-bond acceptors (Lipinski definition) is 4. The Bertz CT molecular complexity index is 133. The maximum atomic E-state index is 8.58. The van der Waals surface area contributed by atoms with Crippen molar-refractivity contribution in [3.05, 3.63) is 0 Å². The van der Waals surface area contributed by atoms with Crippen LogP contribution in [0.5, 0.6) is 0 Å². The van der Waals surface area contributed by atoms with Crippen molar-refractivity contribution in [3.63, 3.8) is 0 Å². The van der Waals surface area contributed by atoms with Gasteiger partial charge in [-0.1, -0.05) is 0 Å². The average molecular weight is 236 g/mol. The summed E-state index contributed by atoms with van der Waals surface area (Å²) >= 11 is -5.62. The molecular weight excluding hydrogens is 233 g/mol. The molecule has 0 rings (SSSR count). The second-order valence-corrected chi connectivity index (χ2v) is 1.56. The molecule has 1 atom stereocenters. The fraction of sp³-hybridized carbons (Fsp3) is 0. The van der Waals surface area contributed by atoms with E-state index in [-0.39, 0.29) is 69.3 Å². The van der Waals surface area contributed by atoms with Crippen molar-refractivity contribution < 1.29 is 80.0 Å². The fourth-order valence-electron chi connectivity index (χ4n) is 0. The van der Waals surface area contributed by atoms with Gasteiger partial charge in [-0.2, -0.15) is 0 Å². The third kappa shape index (κ3) is 69.2. The molecule has 0 N–H and O–H groups in total. The van der Waals surface area contributed by atoms with Gasteiger partial charge in [-0.25, -0.2) is 0 Å². The predicted octanol–water partition coefficient (Wildman–Crippen LogP) is -5.73. The molecule has 0 aromatic rings. The topological polar surface area (TPSA) is 74.3 Å². The summed E-state index contributed by atoms with van der Waals surface area (Å²) in [6, 6.07) is 0. The third-order valence-corrected chi connectivity index (χ3v) is 0. The second kappa shape index (κ2) is 6.20. The Morgan fingerprint density at radius 2 is 1.14 bits per heavy atom. The summed E-state index contributed by atoms with van der Waals surface area (Å²) in [6.07, 6.45) is 0. The van der Waals surface area contributed by atoms with Crippen LogP contribution in [0.3, 0.4) is 0 Å². The van der Waals surface area contributed by atoms with Crippen LogP contribution in [0.25, 0.3) is 0 Å². The normalized spacial score (nSPS) is 8.14. The van der Waals surface area contributed by atoms with Gasteiger partial charge >= 0.3 is 98.0 Å². The molecule has 0 aliphatic carbocycles. The van der Waals surface area contributed by atoms with Crippen molar-refractivity contribution >= 4 is 18.0 Å². The van der Waals surface area contributed by atoms with Crippen molar-refractivity contribution in [1.82, 2.24) is 0 Å². The Balaban J connectivity index is -0.0000000800. The zero-order valence-electron chi connectivity index (χ0n) is 3.72. The standard InChI is InChI=1S/AsH3.K.Mn.4O/h1H3;;;;;;/q;+1;;;;;-1. The zero-order chi connectivity index (χ0) is 4.50. The average Bonchev–Trinajstić information content (AvgIpc) is 0.722. The molecule has 0 heterocycles. The van der Waals surface area contributed by atoms with Gasteiger partial charge in [-0.05, 0) is 0 Å². The minimum atomic E-state index is -5.62. The van der Waals surface area contributed by atoms with Crippen molar-refractivity contribution in [1.29, 1.82) is 0 Å². The molecule has 0 saturated carbocycles.